The number of benzene rings is 2. The molecule has 2 aliphatic heterocycles. The molecule has 3 unspecified atom stereocenters. The van der Waals surface area contributed by atoms with Gasteiger partial charge in [0.05, 0.1) is 28.7 Å². The van der Waals surface area contributed by atoms with Crippen molar-refractivity contribution in [2.45, 2.75) is 59.2 Å². The Morgan fingerprint density at radius 2 is 1.33 bits per heavy atom. The standard InChI is InChI=1S/C28H22O14/c1-10(29)36-16-6-7-17(37-11(2)30)22-21(16)24(34)15-8-18-23(26(39-13(4)32)20(15)25(22)35)28(42-14(5)33)9-19(38-12(3)31)41-27(28)40-18/h6-8,19,27H,9H2,1-5H3. The maximum atomic E-state index is 14.2. The van der Waals surface area contributed by atoms with Gasteiger partial charge in [-0.05, 0) is 18.2 Å². The van der Waals surface area contributed by atoms with Crippen molar-refractivity contribution in [3.05, 3.63) is 46.0 Å². The van der Waals surface area contributed by atoms with Crippen LogP contribution in [0.1, 0.15) is 78.4 Å². The van der Waals surface area contributed by atoms with Crippen molar-refractivity contribution in [1.82, 2.24) is 0 Å². The number of rotatable bonds is 5. The quantitative estimate of drug-likeness (QED) is 0.314. The van der Waals surface area contributed by atoms with Crippen molar-refractivity contribution in [2.75, 3.05) is 0 Å². The van der Waals surface area contributed by atoms with E-state index in [0.29, 0.717) is 0 Å². The Hall–Kier alpha value is -5.11. The average Bonchev–Trinajstić information content (AvgIpc) is 3.31. The second kappa shape index (κ2) is 10.1. The van der Waals surface area contributed by atoms with E-state index in [9.17, 15) is 33.6 Å². The van der Waals surface area contributed by atoms with Crippen LogP contribution in [0.3, 0.4) is 0 Å². The Morgan fingerprint density at radius 3 is 1.86 bits per heavy atom. The lowest BCUT2D eigenvalue weighted by molar-refractivity contribution is -0.204. The van der Waals surface area contributed by atoms with Gasteiger partial charge in [-0.15, -0.1) is 0 Å². The topological polar surface area (TPSA) is 184 Å². The number of carbonyl (C=O) groups excluding carboxylic acids is 7. The summed E-state index contributed by atoms with van der Waals surface area (Å²) in [6.07, 6.45) is -2.99. The largest absolute Gasteiger partial charge is 0.459 e. The van der Waals surface area contributed by atoms with Crippen molar-refractivity contribution >= 4 is 41.4 Å². The van der Waals surface area contributed by atoms with E-state index in [0.717, 1.165) is 34.6 Å². The van der Waals surface area contributed by atoms with Gasteiger partial charge in [-0.3, -0.25) is 38.3 Å². The second-order valence-corrected chi connectivity index (χ2v) is 9.56. The van der Waals surface area contributed by atoms with Gasteiger partial charge < -0.3 is 28.4 Å². The van der Waals surface area contributed by atoms with Crippen LogP contribution < -0.4 is 18.9 Å². The first-order valence-corrected chi connectivity index (χ1v) is 12.5. The number of esters is 5. The van der Waals surface area contributed by atoms with Crippen LogP contribution in [0.25, 0.3) is 0 Å². The minimum absolute atomic E-state index is 0.124. The number of ether oxygens (including phenoxy) is 7. The third-order valence-corrected chi connectivity index (χ3v) is 6.46. The van der Waals surface area contributed by atoms with E-state index in [2.05, 4.69) is 0 Å². The summed E-state index contributed by atoms with van der Waals surface area (Å²) in [5.74, 6) is -7.07. The van der Waals surface area contributed by atoms with Gasteiger partial charge >= 0.3 is 29.8 Å². The second-order valence-electron chi connectivity index (χ2n) is 9.56. The molecule has 0 aromatic heterocycles. The Balaban J connectivity index is 1.80. The molecule has 2 heterocycles. The van der Waals surface area contributed by atoms with Crippen LogP contribution in [-0.4, -0.2) is 54.0 Å². The zero-order chi connectivity index (χ0) is 30.7. The molecule has 2 aromatic rings. The number of hydrogen-bond donors (Lipinski definition) is 0. The van der Waals surface area contributed by atoms with E-state index in [1.807, 2.05) is 0 Å². The minimum atomic E-state index is -1.87. The van der Waals surface area contributed by atoms with Crippen molar-refractivity contribution in [1.29, 1.82) is 0 Å². The van der Waals surface area contributed by atoms with Crippen LogP contribution in [0.2, 0.25) is 0 Å². The van der Waals surface area contributed by atoms with Crippen molar-refractivity contribution in [2.24, 2.45) is 0 Å². The van der Waals surface area contributed by atoms with Crippen LogP contribution in [-0.2, 0) is 43.8 Å². The lowest BCUT2D eigenvalue weighted by Gasteiger charge is -2.29. The van der Waals surface area contributed by atoms with Gasteiger partial charge in [-0.2, -0.15) is 0 Å². The molecular weight excluding hydrogens is 560 g/mol. The van der Waals surface area contributed by atoms with Gasteiger partial charge in [-0.1, -0.05) is 0 Å². The molecule has 1 saturated heterocycles. The number of ketones is 2. The summed E-state index contributed by atoms with van der Waals surface area (Å²) in [5.41, 5.74) is -3.57. The fraction of sp³-hybridized carbons (Fsp3) is 0.321. The molecule has 218 valence electrons. The van der Waals surface area contributed by atoms with E-state index in [1.54, 1.807) is 0 Å². The Kier molecular flexibility index (Phi) is 6.81. The van der Waals surface area contributed by atoms with Gasteiger partial charge in [0.1, 0.15) is 17.2 Å². The first-order valence-electron chi connectivity index (χ1n) is 12.5. The maximum absolute atomic E-state index is 14.2. The summed E-state index contributed by atoms with van der Waals surface area (Å²) in [7, 11) is 0. The van der Waals surface area contributed by atoms with Gasteiger partial charge in [0.15, 0.2) is 11.5 Å². The zero-order valence-electron chi connectivity index (χ0n) is 22.8. The molecule has 0 bridgehead atoms. The lowest BCUT2D eigenvalue weighted by Crippen LogP contribution is -2.38. The summed E-state index contributed by atoms with van der Waals surface area (Å²) in [6.45, 7) is 5.44. The summed E-state index contributed by atoms with van der Waals surface area (Å²) < 4.78 is 38.2. The first kappa shape index (κ1) is 28.4. The molecule has 2 aromatic carbocycles. The Labute approximate surface area is 236 Å². The zero-order valence-corrected chi connectivity index (χ0v) is 22.8. The summed E-state index contributed by atoms with van der Waals surface area (Å²) in [6, 6.07) is 3.53. The van der Waals surface area contributed by atoms with Gasteiger partial charge in [0, 0.05) is 40.2 Å². The van der Waals surface area contributed by atoms with E-state index in [1.165, 1.54) is 18.2 Å². The average molecular weight is 582 g/mol. The van der Waals surface area contributed by atoms with Crippen LogP contribution in [0.15, 0.2) is 18.2 Å². The SMILES string of the molecule is CC(=O)Oc1ccc(OC(C)=O)c2c1C(=O)c1cc3c(c(OC(C)=O)c1C2=O)C1(OC(C)=O)CC(OC(C)=O)OC1O3. The highest BCUT2D eigenvalue weighted by molar-refractivity contribution is 6.31. The summed E-state index contributed by atoms with van der Waals surface area (Å²) in [4.78, 5) is 88.1. The highest BCUT2D eigenvalue weighted by atomic mass is 16.8. The molecular formula is C28H22O14. The molecule has 3 aliphatic rings. The molecule has 0 N–H and O–H groups in total. The summed E-state index contributed by atoms with van der Waals surface area (Å²) >= 11 is 0. The van der Waals surface area contributed by atoms with E-state index in [4.69, 9.17) is 33.2 Å². The molecule has 14 heteroatoms. The maximum Gasteiger partial charge on any atom is 0.308 e. The smallest absolute Gasteiger partial charge is 0.308 e. The fourth-order valence-corrected chi connectivity index (χ4v) is 5.28. The minimum Gasteiger partial charge on any atom is -0.459 e. The van der Waals surface area contributed by atoms with Crippen LogP contribution in [0, 0.1) is 0 Å². The highest BCUT2D eigenvalue weighted by Gasteiger charge is 2.63. The van der Waals surface area contributed by atoms with Gasteiger partial charge in [-0.25, -0.2) is 0 Å². The molecule has 42 heavy (non-hydrogen) atoms. The fourth-order valence-electron chi connectivity index (χ4n) is 5.28. The predicted molar refractivity (Wildman–Crippen MR) is 133 cm³/mol. The number of hydrogen-bond acceptors (Lipinski definition) is 14. The van der Waals surface area contributed by atoms with Gasteiger partial charge in [0.25, 0.3) is 0 Å². The predicted octanol–water partition coefficient (Wildman–Crippen LogP) is 2.02. The van der Waals surface area contributed by atoms with Crippen LogP contribution in [0.4, 0.5) is 0 Å². The molecule has 3 atom stereocenters. The monoisotopic (exact) mass is 582 g/mol. The normalized spacial score (nSPS) is 21.2. The molecule has 1 aliphatic carbocycles. The van der Waals surface area contributed by atoms with E-state index in [-0.39, 0.29) is 40.4 Å². The van der Waals surface area contributed by atoms with Crippen molar-refractivity contribution in [3.63, 3.8) is 0 Å². The lowest BCUT2D eigenvalue weighted by atomic mass is 9.79. The molecule has 0 radical (unpaired) electrons. The van der Waals surface area contributed by atoms with Gasteiger partial charge in [0.2, 0.25) is 24.0 Å². The van der Waals surface area contributed by atoms with E-state index < -0.39 is 76.5 Å². The molecule has 0 spiro atoms. The molecule has 0 saturated carbocycles. The van der Waals surface area contributed by atoms with Crippen molar-refractivity contribution in [3.8, 4) is 23.0 Å². The van der Waals surface area contributed by atoms with E-state index >= 15 is 0 Å². The third kappa shape index (κ3) is 4.55. The molecule has 0 amide bonds. The first-order chi connectivity index (χ1) is 19.7. The molecule has 1 fully saturated rings. The highest BCUT2D eigenvalue weighted by Crippen LogP contribution is 2.58. The van der Waals surface area contributed by atoms with Crippen LogP contribution in [0.5, 0.6) is 23.0 Å². The van der Waals surface area contributed by atoms with Crippen molar-refractivity contribution < 1.29 is 66.7 Å². The Bertz CT molecular complexity index is 1640. The van der Waals surface area contributed by atoms with Crippen LogP contribution >= 0.6 is 0 Å². The third-order valence-electron chi connectivity index (χ3n) is 6.46. The Morgan fingerprint density at radius 1 is 0.762 bits per heavy atom. The summed E-state index contributed by atoms with van der Waals surface area (Å²) in [5, 5.41) is 0. The molecule has 14 nitrogen and oxygen atoms in total. The number of fused-ring (bicyclic) bond motifs is 5. The molecule has 5 rings (SSSR count). The number of carbonyl (C=O) groups is 7.